The highest BCUT2D eigenvalue weighted by molar-refractivity contribution is 7.99. The van der Waals surface area contributed by atoms with Gasteiger partial charge in [0.2, 0.25) is 0 Å². The molecule has 0 bridgehead atoms. The van der Waals surface area contributed by atoms with Gasteiger partial charge in [-0.25, -0.2) is 9.78 Å². The molecule has 0 aromatic carbocycles. The van der Waals surface area contributed by atoms with Crippen LogP contribution in [-0.4, -0.2) is 21.8 Å². The maximum Gasteiger partial charge on any atom is 0.338 e. The summed E-state index contributed by atoms with van der Waals surface area (Å²) in [5.74, 6) is 0.586. The summed E-state index contributed by atoms with van der Waals surface area (Å²) in [4.78, 5) is 15.9. The molecule has 0 spiro atoms. The minimum atomic E-state index is -0.859. The van der Waals surface area contributed by atoms with E-state index < -0.39 is 5.97 Å². The van der Waals surface area contributed by atoms with E-state index in [-0.39, 0.29) is 0 Å². The quantitative estimate of drug-likeness (QED) is 0.848. The van der Waals surface area contributed by atoms with Gasteiger partial charge < -0.3 is 5.11 Å². The second-order valence-corrected chi connectivity index (χ2v) is 6.17. The van der Waals surface area contributed by atoms with E-state index in [0.29, 0.717) is 16.5 Å². The van der Waals surface area contributed by atoms with Crippen molar-refractivity contribution in [2.24, 2.45) is 5.92 Å². The van der Waals surface area contributed by atoms with Crippen molar-refractivity contribution in [2.75, 3.05) is 5.75 Å². The summed E-state index contributed by atoms with van der Waals surface area (Å²) in [5, 5.41) is 9.97. The Kier molecular flexibility index (Phi) is 4.27. The predicted octanol–water partition coefficient (Wildman–Crippen LogP) is 3.41. The molecule has 0 unspecified atom stereocenters. The number of hydrogen-bond donors (Lipinski definition) is 1. The van der Waals surface area contributed by atoms with Gasteiger partial charge in [-0.2, -0.15) is 0 Å². The van der Waals surface area contributed by atoms with Crippen LogP contribution in [0.3, 0.4) is 0 Å². The van der Waals surface area contributed by atoms with Crippen LogP contribution < -0.4 is 0 Å². The summed E-state index contributed by atoms with van der Waals surface area (Å²) in [6.45, 7) is 4.26. The molecule has 1 aromatic heterocycles. The zero-order valence-corrected chi connectivity index (χ0v) is 11.7. The third kappa shape index (κ3) is 3.05. The van der Waals surface area contributed by atoms with Crippen LogP contribution in [0.5, 0.6) is 0 Å². The monoisotopic (exact) mass is 265 g/mol. The minimum Gasteiger partial charge on any atom is -0.478 e. The number of carboxylic acids is 1. The van der Waals surface area contributed by atoms with Crippen molar-refractivity contribution in [1.29, 1.82) is 0 Å². The minimum absolute atomic E-state index is 0.376. The van der Waals surface area contributed by atoms with Crippen LogP contribution in [0.25, 0.3) is 0 Å². The Morgan fingerprint density at radius 3 is 2.83 bits per heavy atom. The highest BCUT2D eigenvalue weighted by atomic mass is 32.2. The lowest BCUT2D eigenvalue weighted by Crippen LogP contribution is -2.11. The summed E-state index contributed by atoms with van der Waals surface area (Å²) in [5.41, 5.74) is 2.62. The van der Waals surface area contributed by atoms with Crippen molar-refractivity contribution in [3.63, 3.8) is 0 Å². The molecule has 1 aliphatic rings. The molecule has 18 heavy (non-hydrogen) atoms. The SMILES string of the molecule is CC(C)CSc1nc2c(cc1C(=O)O)CCCC2. The molecular formula is C14H19NO2S. The van der Waals surface area contributed by atoms with Gasteiger partial charge in [-0.05, 0) is 43.2 Å². The topological polar surface area (TPSA) is 50.2 Å². The van der Waals surface area contributed by atoms with Crippen molar-refractivity contribution in [2.45, 2.75) is 44.6 Å². The van der Waals surface area contributed by atoms with E-state index in [1.807, 2.05) is 6.07 Å². The number of aromatic nitrogens is 1. The second kappa shape index (κ2) is 5.74. The largest absolute Gasteiger partial charge is 0.478 e. The molecule has 0 saturated carbocycles. The maximum atomic E-state index is 11.3. The number of rotatable bonds is 4. The van der Waals surface area contributed by atoms with Gasteiger partial charge in [-0.15, -0.1) is 11.8 Å². The summed E-state index contributed by atoms with van der Waals surface area (Å²) in [6.07, 6.45) is 4.27. The molecule has 0 saturated heterocycles. The Morgan fingerprint density at radius 1 is 1.44 bits per heavy atom. The van der Waals surface area contributed by atoms with Crippen LogP contribution in [0.2, 0.25) is 0 Å². The first kappa shape index (κ1) is 13.4. The summed E-state index contributed by atoms with van der Waals surface area (Å²) < 4.78 is 0. The van der Waals surface area contributed by atoms with Crippen molar-refractivity contribution >= 4 is 17.7 Å². The average Bonchev–Trinajstić information content (AvgIpc) is 2.35. The van der Waals surface area contributed by atoms with E-state index in [1.165, 1.54) is 6.42 Å². The number of thioether (sulfide) groups is 1. The molecule has 0 atom stereocenters. The van der Waals surface area contributed by atoms with Gasteiger partial charge in [-0.3, -0.25) is 0 Å². The van der Waals surface area contributed by atoms with E-state index in [1.54, 1.807) is 11.8 Å². The summed E-state index contributed by atoms with van der Waals surface area (Å²) in [6, 6.07) is 1.84. The average molecular weight is 265 g/mol. The fourth-order valence-corrected chi connectivity index (χ4v) is 3.09. The van der Waals surface area contributed by atoms with Gasteiger partial charge >= 0.3 is 5.97 Å². The Hall–Kier alpha value is -1.03. The van der Waals surface area contributed by atoms with E-state index in [2.05, 4.69) is 18.8 Å². The van der Waals surface area contributed by atoms with E-state index >= 15 is 0 Å². The fraction of sp³-hybridized carbons (Fsp3) is 0.571. The Morgan fingerprint density at radius 2 is 2.17 bits per heavy atom. The first-order valence-corrected chi connectivity index (χ1v) is 7.45. The highest BCUT2D eigenvalue weighted by Gasteiger charge is 2.19. The van der Waals surface area contributed by atoms with Crippen LogP contribution in [0.4, 0.5) is 0 Å². The van der Waals surface area contributed by atoms with Crippen LogP contribution in [0.15, 0.2) is 11.1 Å². The van der Waals surface area contributed by atoms with Crippen molar-refractivity contribution in [3.8, 4) is 0 Å². The van der Waals surface area contributed by atoms with Crippen molar-refractivity contribution < 1.29 is 9.90 Å². The van der Waals surface area contributed by atoms with Crippen LogP contribution in [0, 0.1) is 5.92 Å². The third-order valence-electron chi connectivity index (χ3n) is 3.05. The molecule has 0 amide bonds. The van der Waals surface area contributed by atoms with Gasteiger partial charge in [0, 0.05) is 11.4 Å². The van der Waals surface area contributed by atoms with Crippen molar-refractivity contribution in [1.82, 2.24) is 4.98 Å². The van der Waals surface area contributed by atoms with E-state index in [0.717, 1.165) is 36.3 Å². The lowest BCUT2D eigenvalue weighted by atomic mass is 9.95. The summed E-state index contributed by atoms with van der Waals surface area (Å²) in [7, 11) is 0. The number of nitrogens with zero attached hydrogens (tertiary/aromatic N) is 1. The van der Waals surface area contributed by atoms with Gasteiger partial charge in [0.15, 0.2) is 0 Å². The number of fused-ring (bicyclic) bond motifs is 1. The first-order chi connectivity index (χ1) is 8.58. The highest BCUT2D eigenvalue weighted by Crippen LogP contribution is 2.28. The zero-order valence-electron chi connectivity index (χ0n) is 10.9. The summed E-state index contributed by atoms with van der Waals surface area (Å²) >= 11 is 1.56. The van der Waals surface area contributed by atoms with Crippen LogP contribution in [-0.2, 0) is 12.8 Å². The van der Waals surface area contributed by atoms with Gasteiger partial charge in [0.05, 0.1) is 5.56 Å². The zero-order chi connectivity index (χ0) is 13.1. The Bertz CT molecular complexity index is 457. The number of aryl methyl sites for hydroxylation is 2. The molecule has 0 aliphatic heterocycles. The van der Waals surface area contributed by atoms with Crippen LogP contribution >= 0.6 is 11.8 Å². The van der Waals surface area contributed by atoms with E-state index in [9.17, 15) is 9.90 Å². The van der Waals surface area contributed by atoms with Gasteiger partial charge in [0.1, 0.15) is 5.03 Å². The molecule has 4 heteroatoms. The predicted molar refractivity (Wildman–Crippen MR) is 73.4 cm³/mol. The lowest BCUT2D eigenvalue weighted by molar-refractivity contribution is 0.0692. The molecule has 1 heterocycles. The van der Waals surface area contributed by atoms with Crippen LogP contribution in [0.1, 0.15) is 48.3 Å². The molecule has 0 radical (unpaired) electrons. The first-order valence-electron chi connectivity index (χ1n) is 6.47. The van der Waals surface area contributed by atoms with Gasteiger partial charge in [0.25, 0.3) is 0 Å². The standard InChI is InChI=1S/C14H19NO2S/c1-9(2)8-18-13-11(14(16)17)7-10-5-3-4-6-12(10)15-13/h7,9H,3-6,8H2,1-2H3,(H,16,17). The molecule has 1 aliphatic carbocycles. The molecule has 1 aromatic rings. The van der Waals surface area contributed by atoms with Crippen molar-refractivity contribution in [3.05, 3.63) is 22.9 Å². The molecule has 2 rings (SSSR count). The number of pyridine rings is 1. The Labute approximate surface area is 112 Å². The third-order valence-corrected chi connectivity index (χ3v) is 4.47. The van der Waals surface area contributed by atoms with Gasteiger partial charge in [-0.1, -0.05) is 13.8 Å². The number of hydrogen-bond acceptors (Lipinski definition) is 3. The maximum absolute atomic E-state index is 11.3. The molecule has 1 N–H and O–H groups in total. The van der Waals surface area contributed by atoms with E-state index in [4.69, 9.17) is 0 Å². The number of carbonyl (C=O) groups is 1. The Balaban J connectivity index is 2.33. The molecular weight excluding hydrogens is 246 g/mol. The smallest absolute Gasteiger partial charge is 0.338 e. The lowest BCUT2D eigenvalue weighted by Gasteiger charge is -2.17. The molecule has 0 fully saturated rings. The number of carboxylic acid groups (broad SMARTS) is 1. The normalized spacial score (nSPS) is 14.6. The molecule has 98 valence electrons. The molecule has 3 nitrogen and oxygen atoms in total. The number of aromatic carboxylic acids is 1. The fourth-order valence-electron chi connectivity index (χ4n) is 2.12. The second-order valence-electron chi connectivity index (χ2n) is 5.16.